The van der Waals surface area contributed by atoms with Crippen molar-refractivity contribution in [2.75, 3.05) is 7.11 Å². The number of carboxylic acid groups (broad SMARTS) is 1. The van der Waals surface area contributed by atoms with Gasteiger partial charge in [-0.25, -0.2) is 4.79 Å². The van der Waals surface area contributed by atoms with Crippen LogP contribution in [0.25, 0.3) is 0 Å². The molecule has 0 aromatic heterocycles. The van der Waals surface area contributed by atoms with Gasteiger partial charge >= 0.3 is 11.9 Å². The van der Waals surface area contributed by atoms with Crippen LogP contribution in [-0.4, -0.2) is 36.1 Å². The summed E-state index contributed by atoms with van der Waals surface area (Å²) in [5.74, 6) is -2.18. The van der Waals surface area contributed by atoms with E-state index in [0.29, 0.717) is 5.56 Å². The predicted molar refractivity (Wildman–Crippen MR) is 71.3 cm³/mol. The minimum Gasteiger partial charge on any atom is -0.480 e. The molecule has 6 heteroatoms. The molecule has 0 saturated carbocycles. The molecule has 1 atom stereocenters. The molecule has 0 aliphatic carbocycles. The second-order valence-electron chi connectivity index (χ2n) is 4.35. The van der Waals surface area contributed by atoms with Crippen LogP contribution in [0.1, 0.15) is 28.8 Å². The minimum absolute atomic E-state index is 0.0143. The van der Waals surface area contributed by atoms with Crippen LogP contribution in [-0.2, 0) is 14.3 Å². The molecule has 1 amide bonds. The van der Waals surface area contributed by atoms with Crippen molar-refractivity contribution in [2.24, 2.45) is 0 Å². The van der Waals surface area contributed by atoms with Crippen LogP contribution >= 0.6 is 0 Å². The first kappa shape index (κ1) is 15.7. The fourth-order valence-electron chi connectivity index (χ4n) is 1.57. The summed E-state index contributed by atoms with van der Waals surface area (Å²) < 4.78 is 4.44. The number of hydrogen-bond donors (Lipinski definition) is 2. The van der Waals surface area contributed by atoms with Crippen LogP contribution in [0.4, 0.5) is 0 Å². The average Bonchev–Trinajstić information content (AvgIpc) is 2.43. The highest BCUT2D eigenvalue weighted by molar-refractivity contribution is 5.96. The molecule has 0 radical (unpaired) electrons. The van der Waals surface area contributed by atoms with Gasteiger partial charge in [0.2, 0.25) is 0 Å². The van der Waals surface area contributed by atoms with E-state index in [1.54, 1.807) is 24.3 Å². The molecule has 0 saturated heterocycles. The molecular weight excluding hydrogens is 262 g/mol. The van der Waals surface area contributed by atoms with Crippen molar-refractivity contribution >= 4 is 17.8 Å². The molecule has 6 nitrogen and oxygen atoms in total. The normalized spacial score (nSPS) is 11.5. The van der Waals surface area contributed by atoms with Crippen molar-refractivity contribution < 1.29 is 24.2 Å². The number of carbonyl (C=O) groups is 3. The summed E-state index contributed by atoms with van der Waals surface area (Å²) in [6, 6.07) is 5.63. The molecule has 1 aromatic rings. The maximum absolute atomic E-state index is 11.9. The number of rotatable bonds is 6. The lowest BCUT2D eigenvalue weighted by atomic mass is 10.1. The van der Waals surface area contributed by atoms with Gasteiger partial charge in [-0.05, 0) is 25.5 Å². The van der Waals surface area contributed by atoms with Gasteiger partial charge in [0, 0.05) is 12.0 Å². The van der Waals surface area contributed by atoms with E-state index in [4.69, 9.17) is 5.11 Å². The Morgan fingerprint density at radius 3 is 2.35 bits per heavy atom. The van der Waals surface area contributed by atoms with Gasteiger partial charge in [-0.15, -0.1) is 0 Å². The third-order valence-corrected chi connectivity index (χ3v) is 2.78. The molecule has 1 rings (SSSR count). The molecule has 0 heterocycles. The Hall–Kier alpha value is -2.37. The number of carboxylic acids is 1. The third kappa shape index (κ3) is 4.72. The highest BCUT2D eigenvalue weighted by atomic mass is 16.5. The maximum Gasteiger partial charge on any atom is 0.326 e. The highest BCUT2D eigenvalue weighted by Gasteiger charge is 2.21. The second kappa shape index (κ2) is 7.28. The fourth-order valence-corrected chi connectivity index (χ4v) is 1.57. The quantitative estimate of drug-likeness (QED) is 0.761. The Morgan fingerprint density at radius 1 is 1.25 bits per heavy atom. The Balaban J connectivity index is 2.65. The molecule has 2 N–H and O–H groups in total. The van der Waals surface area contributed by atoms with Gasteiger partial charge in [0.25, 0.3) is 5.91 Å². The smallest absolute Gasteiger partial charge is 0.326 e. The molecule has 20 heavy (non-hydrogen) atoms. The third-order valence-electron chi connectivity index (χ3n) is 2.78. The van der Waals surface area contributed by atoms with Crippen molar-refractivity contribution in [3.05, 3.63) is 35.4 Å². The second-order valence-corrected chi connectivity index (χ2v) is 4.35. The number of esters is 1. The van der Waals surface area contributed by atoms with Gasteiger partial charge in [0.05, 0.1) is 7.11 Å². The van der Waals surface area contributed by atoms with Crippen LogP contribution in [0.15, 0.2) is 24.3 Å². The summed E-state index contributed by atoms with van der Waals surface area (Å²) in [6.45, 7) is 1.89. The van der Waals surface area contributed by atoms with E-state index in [1.165, 1.54) is 7.11 Å². The number of benzene rings is 1. The van der Waals surface area contributed by atoms with Crippen molar-refractivity contribution in [3.8, 4) is 0 Å². The van der Waals surface area contributed by atoms with Crippen molar-refractivity contribution in [1.82, 2.24) is 5.32 Å². The first-order valence-electron chi connectivity index (χ1n) is 6.11. The fraction of sp³-hybridized carbons (Fsp3) is 0.357. The minimum atomic E-state index is -1.19. The monoisotopic (exact) mass is 279 g/mol. The zero-order valence-corrected chi connectivity index (χ0v) is 11.4. The van der Waals surface area contributed by atoms with E-state index in [2.05, 4.69) is 10.1 Å². The largest absolute Gasteiger partial charge is 0.480 e. The van der Waals surface area contributed by atoms with Crippen LogP contribution in [0.2, 0.25) is 0 Å². The van der Waals surface area contributed by atoms with Gasteiger partial charge in [-0.1, -0.05) is 17.7 Å². The van der Waals surface area contributed by atoms with Crippen LogP contribution in [0.3, 0.4) is 0 Å². The first-order valence-corrected chi connectivity index (χ1v) is 6.11. The highest BCUT2D eigenvalue weighted by Crippen LogP contribution is 2.05. The van der Waals surface area contributed by atoms with E-state index in [1.807, 2.05) is 6.92 Å². The Morgan fingerprint density at radius 2 is 1.85 bits per heavy atom. The van der Waals surface area contributed by atoms with E-state index in [-0.39, 0.29) is 12.8 Å². The predicted octanol–water partition coefficient (Wildman–Crippen LogP) is 1.13. The Labute approximate surface area is 116 Å². The summed E-state index contributed by atoms with van der Waals surface area (Å²) >= 11 is 0. The molecule has 0 bridgehead atoms. The topological polar surface area (TPSA) is 92.7 Å². The number of aliphatic carboxylic acids is 1. The summed E-state index contributed by atoms with van der Waals surface area (Å²) in [5.41, 5.74) is 1.38. The van der Waals surface area contributed by atoms with Crippen molar-refractivity contribution in [3.63, 3.8) is 0 Å². The zero-order valence-electron chi connectivity index (χ0n) is 11.4. The number of amides is 1. The number of hydrogen-bond acceptors (Lipinski definition) is 4. The molecule has 0 aliphatic rings. The number of carbonyl (C=O) groups excluding carboxylic acids is 2. The molecule has 1 aromatic carbocycles. The Bertz CT molecular complexity index is 495. The van der Waals surface area contributed by atoms with E-state index in [9.17, 15) is 14.4 Å². The number of methoxy groups -OCH3 is 1. The number of ether oxygens (including phenoxy) is 1. The first-order chi connectivity index (χ1) is 9.43. The zero-order chi connectivity index (χ0) is 15.1. The van der Waals surface area contributed by atoms with Gasteiger partial charge in [-0.3, -0.25) is 9.59 Å². The van der Waals surface area contributed by atoms with Crippen molar-refractivity contribution in [1.29, 1.82) is 0 Å². The standard InChI is InChI=1S/C14H17NO5/c1-9-3-5-10(6-4-9)13(17)15-11(14(18)19)7-8-12(16)20-2/h3-6,11H,7-8H2,1-2H3,(H,15,17)(H,18,19)/t11-/m1/s1. The van der Waals surface area contributed by atoms with Crippen molar-refractivity contribution in [2.45, 2.75) is 25.8 Å². The molecular formula is C14H17NO5. The van der Waals surface area contributed by atoms with Gasteiger partial charge in [0.1, 0.15) is 6.04 Å². The van der Waals surface area contributed by atoms with Crippen LogP contribution < -0.4 is 5.32 Å². The van der Waals surface area contributed by atoms with Crippen LogP contribution in [0, 0.1) is 6.92 Å². The van der Waals surface area contributed by atoms with E-state index < -0.39 is 23.9 Å². The SMILES string of the molecule is COC(=O)CC[C@@H](NC(=O)c1ccc(C)cc1)C(=O)O. The lowest BCUT2D eigenvalue weighted by Crippen LogP contribution is -2.41. The summed E-state index contributed by atoms with van der Waals surface area (Å²) in [7, 11) is 1.23. The molecule has 108 valence electrons. The Kier molecular flexibility index (Phi) is 5.71. The summed E-state index contributed by atoms with van der Waals surface area (Å²) in [5, 5.41) is 11.4. The number of nitrogens with one attached hydrogen (secondary N) is 1. The summed E-state index contributed by atoms with van der Waals surface area (Å²) in [6.07, 6.45) is -0.0821. The summed E-state index contributed by atoms with van der Waals surface area (Å²) in [4.78, 5) is 34.0. The van der Waals surface area contributed by atoms with E-state index >= 15 is 0 Å². The molecule has 0 unspecified atom stereocenters. The number of aryl methyl sites for hydroxylation is 1. The lowest BCUT2D eigenvalue weighted by Gasteiger charge is -2.14. The molecule has 0 aliphatic heterocycles. The molecule has 0 fully saturated rings. The van der Waals surface area contributed by atoms with Crippen LogP contribution in [0.5, 0.6) is 0 Å². The van der Waals surface area contributed by atoms with E-state index in [0.717, 1.165) is 5.56 Å². The van der Waals surface area contributed by atoms with Gasteiger partial charge < -0.3 is 15.2 Å². The average molecular weight is 279 g/mol. The lowest BCUT2D eigenvalue weighted by molar-refractivity contribution is -0.142. The maximum atomic E-state index is 11.9. The molecule has 0 spiro atoms. The van der Waals surface area contributed by atoms with Gasteiger partial charge in [-0.2, -0.15) is 0 Å². The van der Waals surface area contributed by atoms with Gasteiger partial charge in [0.15, 0.2) is 0 Å².